The molecule has 4 nitrogen and oxygen atoms in total. The molecule has 0 amide bonds. The molecule has 0 saturated carbocycles. The van der Waals surface area contributed by atoms with Gasteiger partial charge >= 0.3 is 5.97 Å². The van der Waals surface area contributed by atoms with Gasteiger partial charge in [-0.2, -0.15) is 0 Å². The van der Waals surface area contributed by atoms with Crippen LogP contribution in [-0.4, -0.2) is 18.2 Å². The van der Waals surface area contributed by atoms with E-state index in [0.29, 0.717) is 0 Å². The van der Waals surface area contributed by atoms with Crippen LogP contribution < -0.4 is 10.5 Å². The number of aliphatic carboxylic acids is 1. The van der Waals surface area contributed by atoms with Crippen molar-refractivity contribution in [3.63, 3.8) is 0 Å². The van der Waals surface area contributed by atoms with E-state index in [9.17, 15) is 13.6 Å². The largest absolute Gasteiger partial charge is 0.494 e. The average Bonchev–Trinajstić information content (AvgIpc) is 2.19. The summed E-state index contributed by atoms with van der Waals surface area (Å²) in [5.74, 6) is -2.99. The maximum absolute atomic E-state index is 13.4. The molecule has 1 aromatic carbocycles. The van der Waals surface area contributed by atoms with E-state index in [4.69, 9.17) is 10.8 Å². The molecule has 1 aromatic rings. The van der Waals surface area contributed by atoms with Crippen LogP contribution in [0.2, 0.25) is 0 Å². The lowest BCUT2D eigenvalue weighted by Gasteiger charge is -2.12. The van der Waals surface area contributed by atoms with Crippen LogP contribution in [0.1, 0.15) is 18.0 Å². The highest BCUT2D eigenvalue weighted by molar-refractivity contribution is 5.67. The first kappa shape index (κ1) is 12.4. The van der Waals surface area contributed by atoms with Gasteiger partial charge in [0.2, 0.25) is 0 Å². The van der Waals surface area contributed by atoms with Crippen LogP contribution in [0.5, 0.6) is 5.75 Å². The molecule has 0 fully saturated rings. The molecule has 88 valence electrons. The summed E-state index contributed by atoms with van der Waals surface area (Å²) in [5, 5.41) is 8.49. The highest BCUT2D eigenvalue weighted by Crippen LogP contribution is 2.25. The predicted molar refractivity (Wildman–Crippen MR) is 52.1 cm³/mol. The molecule has 3 N–H and O–H groups in total. The minimum Gasteiger partial charge on any atom is -0.494 e. The Hall–Kier alpha value is -1.69. The predicted octanol–water partition coefficient (Wildman–Crippen LogP) is 1.45. The fourth-order valence-electron chi connectivity index (χ4n) is 1.28. The van der Waals surface area contributed by atoms with E-state index in [0.717, 1.165) is 12.1 Å². The summed E-state index contributed by atoms with van der Waals surface area (Å²) < 4.78 is 31.2. The van der Waals surface area contributed by atoms with Gasteiger partial charge in [-0.3, -0.25) is 4.79 Å². The van der Waals surface area contributed by atoms with Crippen molar-refractivity contribution in [3.8, 4) is 5.75 Å². The third kappa shape index (κ3) is 2.66. The van der Waals surface area contributed by atoms with Crippen molar-refractivity contribution in [1.29, 1.82) is 0 Å². The standard InChI is InChI=1S/C10H11F2NO3/c1-16-9-3-6(11)5(2-7(9)12)8(13)4-10(14)15/h2-3,8H,4,13H2,1H3,(H,14,15). The molecule has 0 bridgehead atoms. The van der Waals surface area contributed by atoms with E-state index in [1.165, 1.54) is 7.11 Å². The summed E-state index contributed by atoms with van der Waals surface area (Å²) in [7, 11) is 1.20. The van der Waals surface area contributed by atoms with Crippen molar-refractivity contribution in [2.75, 3.05) is 7.11 Å². The molecule has 0 saturated heterocycles. The van der Waals surface area contributed by atoms with Gasteiger partial charge in [0.15, 0.2) is 11.6 Å². The van der Waals surface area contributed by atoms with Gasteiger partial charge in [0.1, 0.15) is 5.82 Å². The Morgan fingerprint density at radius 3 is 2.62 bits per heavy atom. The second-order valence-corrected chi connectivity index (χ2v) is 3.21. The van der Waals surface area contributed by atoms with Crippen molar-refractivity contribution in [2.24, 2.45) is 5.73 Å². The smallest absolute Gasteiger partial charge is 0.305 e. The van der Waals surface area contributed by atoms with Gasteiger partial charge in [-0.15, -0.1) is 0 Å². The second kappa shape index (κ2) is 4.89. The number of nitrogens with two attached hydrogens (primary N) is 1. The van der Waals surface area contributed by atoms with Crippen LogP contribution in [-0.2, 0) is 4.79 Å². The second-order valence-electron chi connectivity index (χ2n) is 3.21. The number of hydrogen-bond donors (Lipinski definition) is 2. The van der Waals surface area contributed by atoms with Gasteiger partial charge in [-0.05, 0) is 6.07 Å². The third-order valence-corrected chi connectivity index (χ3v) is 2.07. The normalized spacial score (nSPS) is 12.2. The van der Waals surface area contributed by atoms with Gasteiger partial charge in [0, 0.05) is 17.7 Å². The first-order chi connectivity index (χ1) is 7.45. The quantitative estimate of drug-likeness (QED) is 0.822. The van der Waals surface area contributed by atoms with Crippen molar-refractivity contribution in [2.45, 2.75) is 12.5 Å². The van der Waals surface area contributed by atoms with Crippen LogP contribution in [0.25, 0.3) is 0 Å². The lowest BCUT2D eigenvalue weighted by molar-refractivity contribution is -0.137. The van der Waals surface area contributed by atoms with Crippen molar-refractivity contribution in [1.82, 2.24) is 0 Å². The fourth-order valence-corrected chi connectivity index (χ4v) is 1.28. The number of carbonyl (C=O) groups is 1. The van der Waals surface area contributed by atoms with Gasteiger partial charge in [-0.1, -0.05) is 0 Å². The Labute approximate surface area is 90.6 Å². The number of benzene rings is 1. The minimum absolute atomic E-state index is 0.180. The molecular formula is C10H11F2NO3. The SMILES string of the molecule is COc1cc(F)c(C(N)CC(=O)O)cc1F. The van der Waals surface area contributed by atoms with E-state index in [2.05, 4.69) is 4.74 Å². The molecule has 0 aliphatic rings. The molecule has 0 aliphatic heterocycles. The zero-order valence-electron chi connectivity index (χ0n) is 8.54. The minimum atomic E-state index is -1.18. The molecule has 0 spiro atoms. The average molecular weight is 231 g/mol. The molecular weight excluding hydrogens is 220 g/mol. The molecule has 6 heteroatoms. The Morgan fingerprint density at radius 1 is 1.50 bits per heavy atom. The first-order valence-electron chi connectivity index (χ1n) is 4.46. The summed E-state index contributed by atoms with van der Waals surface area (Å²) in [6, 6.07) is 0.603. The topological polar surface area (TPSA) is 72.5 Å². The van der Waals surface area contributed by atoms with Crippen molar-refractivity contribution >= 4 is 5.97 Å². The third-order valence-electron chi connectivity index (χ3n) is 2.07. The monoisotopic (exact) mass is 231 g/mol. The Bertz CT molecular complexity index is 409. The van der Waals surface area contributed by atoms with Crippen LogP contribution in [0.15, 0.2) is 12.1 Å². The molecule has 1 atom stereocenters. The van der Waals surface area contributed by atoms with E-state index in [1.807, 2.05) is 0 Å². The number of methoxy groups -OCH3 is 1. The summed E-state index contributed by atoms with van der Waals surface area (Å²) in [6.45, 7) is 0. The van der Waals surface area contributed by atoms with E-state index in [1.54, 1.807) is 0 Å². The van der Waals surface area contributed by atoms with E-state index in [-0.39, 0.29) is 11.3 Å². The van der Waals surface area contributed by atoms with E-state index < -0.39 is 30.1 Å². The zero-order valence-corrected chi connectivity index (χ0v) is 8.54. The summed E-state index contributed by atoms with van der Waals surface area (Å²) in [6.07, 6.45) is -0.470. The van der Waals surface area contributed by atoms with Gasteiger partial charge in [-0.25, -0.2) is 8.78 Å². The number of halogens is 2. The number of ether oxygens (including phenoxy) is 1. The fraction of sp³-hybridized carbons (Fsp3) is 0.300. The zero-order chi connectivity index (χ0) is 12.3. The lowest BCUT2D eigenvalue weighted by Crippen LogP contribution is -2.16. The highest BCUT2D eigenvalue weighted by Gasteiger charge is 2.18. The molecule has 0 aliphatic carbocycles. The van der Waals surface area contributed by atoms with E-state index >= 15 is 0 Å². The molecule has 1 unspecified atom stereocenters. The molecule has 1 rings (SSSR count). The Balaban J connectivity index is 3.05. The Morgan fingerprint density at radius 2 is 2.12 bits per heavy atom. The molecule has 0 radical (unpaired) electrons. The Kier molecular flexibility index (Phi) is 3.78. The maximum atomic E-state index is 13.4. The van der Waals surface area contributed by atoms with Crippen LogP contribution in [0.4, 0.5) is 8.78 Å². The molecule has 16 heavy (non-hydrogen) atoms. The van der Waals surface area contributed by atoms with Gasteiger partial charge < -0.3 is 15.6 Å². The molecule has 0 aromatic heterocycles. The summed E-state index contributed by atoms with van der Waals surface area (Å²) in [4.78, 5) is 10.4. The van der Waals surface area contributed by atoms with Crippen molar-refractivity contribution in [3.05, 3.63) is 29.3 Å². The van der Waals surface area contributed by atoms with Crippen LogP contribution in [0.3, 0.4) is 0 Å². The van der Waals surface area contributed by atoms with Gasteiger partial charge in [0.05, 0.1) is 13.5 Å². The van der Waals surface area contributed by atoms with Crippen LogP contribution in [0, 0.1) is 11.6 Å². The number of carboxylic acid groups (broad SMARTS) is 1. The number of hydrogen-bond acceptors (Lipinski definition) is 3. The highest BCUT2D eigenvalue weighted by atomic mass is 19.1. The lowest BCUT2D eigenvalue weighted by atomic mass is 10.0. The number of rotatable bonds is 4. The molecule has 0 heterocycles. The first-order valence-corrected chi connectivity index (χ1v) is 4.46. The van der Waals surface area contributed by atoms with Crippen molar-refractivity contribution < 1.29 is 23.4 Å². The number of carboxylic acids is 1. The van der Waals surface area contributed by atoms with Crippen LogP contribution >= 0.6 is 0 Å². The maximum Gasteiger partial charge on any atom is 0.305 e. The summed E-state index contributed by atoms with van der Waals surface area (Å²) in [5.41, 5.74) is 5.25. The van der Waals surface area contributed by atoms with Gasteiger partial charge in [0.25, 0.3) is 0 Å². The summed E-state index contributed by atoms with van der Waals surface area (Å²) >= 11 is 0.